The number of hydrogen-bond donors (Lipinski definition) is 0. The van der Waals surface area contributed by atoms with Crippen LogP contribution in [-0.2, 0) is 6.54 Å². The molecule has 0 fully saturated rings. The quantitative estimate of drug-likeness (QED) is 0.474. The third-order valence-electron chi connectivity index (χ3n) is 4.51. The van der Waals surface area contributed by atoms with Crippen molar-refractivity contribution in [2.75, 3.05) is 6.54 Å². The summed E-state index contributed by atoms with van der Waals surface area (Å²) in [5.74, 6) is 0.428. The normalized spacial score (nSPS) is 10.7. The van der Waals surface area contributed by atoms with Gasteiger partial charge < -0.3 is 9.42 Å². The maximum Gasteiger partial charge on any atom is 0.273 e. The second kappa shape index (κ2) is 7.99. The lowest BCUT2D eigenvalue weighted by atomic mass is 10.1. The average Bonchev–Trinajstić information content (AvgIpc) is 3.14. The van der Waals surface area contributed by atoms with Crippen molar-refractivity contribution in [1.82, 2.24) is 15.0 Å². The highest BCUT2D eigenvalue weighted by atomic mass is 16.6. The molecule has 0 aliphatic carbocycles. The molecule has 0 aliphatic rings. The molecule has 0 N–H and O–H groups in total. The van der Waals surface area contributed by atoms with Gasteiger partial charge in [-0.15, -0.1) is 0 Å². The Labute approximate surface area is 161 Å². The van der Waals surface area contributed by atoms with E-state index in [1.165, 1.54) is 17.0 Å². The van der Waals surface area contributed by atoms with Crippen molar-refractivity contribution in [3.05, 3.63) is 75.2 Å². The van der Waals surface area contributed by atoms with Crippen LogP contribution in [0.15, 0.2) is 47.0 Å². The van der Waals surface area contributed by atoms with Crippen molar-refractivity contribution in [2.45, 2.75) is 27.3 Å². The van der Waals surface area contributed by atoms with E-state index in [1.54, 1.807) is 13.0 Å². The zero-order valence-electron chi connectivity index (χ0n) is 15.9. The number of rotatable bonds is 6. The van der Waals surface area contributed by atoms with E-state index in [9.17, 15) is 14.9 Å². The van der Waals surface area contributed by atoms with E-state index in [-0.39, 0.29) is 23.7 Å². The maximum absolute atomic E-state index is 12.9. The molecule has 0 saturated heterocycles. The summed E-state index contributed by atoms with van der Waals surface area (Å²) in [5.41, 5.74) is 2.49. The van der Waals surface area contributed by atoms with Gasteiger partial charge >= 0.3 is 0 Å². The van der Waals surface area contributed by atoms with Crippen molar-refractivity contribution < 1.29 is 14.2 Å². The lowest BCUT2D eigenvalue weighted by Gasteiger charge is -2.19. The number of aromatic nitrogens is 2. The molecule has 0 aliphatic heterocycles. The van der Waals surface area contributed by atoms with Gasteiger partial charge in [0.15, 0.2) is 0 Å². The summed E-state index contributed by atoms with van der Waals surface area (Å²) in [6.45, 7) is 5.90. The highest BCUT2D eigenvalue weighted by Crippen LogP contribution is 2.23. The first-order valence-corrected chi connectivity index (χ1v) is 8.83. The third kappa shape index (κ3) is 3.90. The fourth-order valence-electron chi connectivity index (χ4n) is 2.85. The summed E-state index contributed by atoms with van der Waals surface area (Å²) in [6.07, 6.45) is 0. The molecular formula is C20H20N4O4. The van der Waals surface area contributed by atoms with Gasteiger partial charge in [0.05, 0.1) is 4.92 Å². The molecule has 3 aromatic rings. The number of nitro groups is 1. The molecule has 0 saturated carbocycles. The molecule has 2 aromatic carbocycles. The van der Waals surface area contributed by atoms with E-state index in [0.717, 1.165) is 11.1 Å². The standard InChI is InChI=1S/C20H20N4O4/c1-4-23(20(25)16-6-5-7-17(14(16)3)24(26)27)12-18-21-19(22-28-18)15-10-8-13(2)9-11-15/h5-11H,4,12H2,1-3H3. The van der Waals surface area contributed by atoms with Crippen LogP contribution in [0.25, 0.3) is 11.4 Å². The first-order chi connectivity index (χ1) is 13.4. The van der Waals surface area contributed by atoms with Gasteiger partial charge in [0.1, 0.15) is 6.54 Å². The van der Waals surface area contributed by atoms with E-state index >= 15 is 0 Å². The maximum atomic E-state index is 12.9. The highest BCUT2D eigenvalue weighted by Gasteiger charge is 2.23. The van der Waals surface area contributed by atoms with Crippen LogP contribution < -0.4 is 0 Å². The van der Waals surface area contributed by atoms with Crippen LogP contribution in [0.3, 0.4) is 0 Å². The number of hydrogen-bond acceptors (Lipinski definition) is 6. The molecule has 8 heteroatoms. The first-order valence-electron chi connectivity index (χ1n) is 8.83. The predicted molar refractivity (Wildman–Crippen MR) is 103 cm³/mol. The molecule has 3 rings (SSSR count). The molecule has 0 unspecified atom stereocenters. The fraction of sp³-hybridized carbons (Fsp3) is 0.250. The Kier molecular flexibility index (Phi) is 5.49. The van der Waals surface area contributed by atoms with E-state index in [2.05, 4.69) is 10.1 Å². The van der Waals surface area contributed by atoms with Crippen LogP contribution in [0.5, 0.6) is 0 Å². The molecule has 0 atom stereocenters. The molecule has 1 amide bonds. The number of nitrogens with zero attached hydrogens (tertiary/aromatic N) is 4. The van der Waals surface area contributed by atoms with Gasteiger partial charge in [-0.1, -0.05) is 41.1 Å². The summed E-state index contributed by atoms with van der Waals surface area (Å²) < 4.78 is 5.30. The van der Waals surface area contributed by atoms with Gasteiger partial charge in [-0.25, -0.2) is 0 Å². The summed E-state index contributed by atoms with van der Waals surface area (Å²) >= 11 is 0. The SMILES string of the molecule is CCN(Cc1nc(-c2ccc(C)cc2)no1)C(=O)c1cccc([N+](=O)[O-])c1C. The van der Waals surface area contributed by atoms with Gasteiger partial charge in [0.2, 0.25) is 11.7 Å². The largest absolute Gasteiger partial charge is 0.337 e. The summed E-state index contributed by atoms with van der Waals surface area (Å²) in [4.78, 5) is 29.4. The van der Waals surface area contributed by atoms with E-state index in [4.69, 9.17) is 4.52 Å². The minimum Gasteiger partial charge on any atom is -0.337 e. The summed E-state index contributed by atoms with van der Waals surface area (Å²) in [7, 11) is 0. The molecule has 1 aromatic heterocycles. The summed E-state index contributed by atoms with van der Waals surface area (Å²) in [5, 5.41) is 15.1. The molecular weight excluding hydrogens is 360 g/mol. The minimum absolute atomic E-state index is 0.0821. The fourth-order valence-corrected chi connectivity index (χ4v) is 2.85. The molecule has 28 heavy (non-hydrogen) atoms. The Bertz CT molecular complexity index is 1010. The van der Waals surface area contributed by atoms with Crippen LogP contribution >= 0.6 is 0 Å². The molecule has 8 nitrogen and oxygen atoms in total. The Morgan fingerprint density at radius 1 is 1.18 bits per heavy atom. The Morgan fingerprint density at radius 3 is 2.54 bits per heavy atom. The van der Waals surface area contributed by atoms with Crippen molar-refractivity contribution in [3.8, 4) is 11.4 Å². The zero-order valence-corrected chi connectivity index (χ0v) is 15.9. The summed E-state index contributed by atoms with van der Waals surface area (Å²) in [6, 6.07) is 12.2. The predicted octanol–water partition coefficient (Wildman–Crippen LogP) is 3.92. The first kappa shape index (κ1) is 19.2. The number of nitro benzene ring substituents is 1. The van der Waals surface area contributed by atoms with E-state index in [1.807, 2.05) is 38.1 Å². The molecule has 1 heterocycles. The van der Waals surface area contributed by atoms with Crippen LogP contribution in [0.1, 0.15) is 34.3 Å². The van der Waals surface area contributed by atoms with Crippen molar-refractivity contribution in [3.63, 3.8) is 0 Å². The highest BCUT2D eigenvalue weighted by molar-refractivity contribution is 5.96. The molecule has 0 bridgehead atoms. The van der Waals surface area contributed by atoms with E-state index < -0.39 is 4.92 Å². The van der Waals surface area contributed by atoms with Crippen molar-refractivity contribution in [1.29, 1.82) is 0 Å². The van der Waals surface area contributed by atoms with Gasteiger partial charge in [-0.3, -0.25) is 14.9 Å². The van der Waals surface area contributed by atoms with Crippen molar-refractivity contribution in [2.24, 2.45) is 0 Å². The average molecular weight is 380 g/mol. The Hall–Kier alpha value is -3.55. The number of amides is 1. The smallest absolute Gasteiger partial charge is 0.273 e. The van der Waals surface area contributed by atoms with Crippen molar-refractivity contribution >= 4 is 11.6 Å². The van der Waals surface area contributed by atoms with Gasteiger partial charge in [0, 0.05) is 29.3 Å². The second-order valence-electron chi connectivity index (χ2n) is 6.40. The number of aryl methyl sites for hydroxylation is 1. The Morgan fingerprint density at radius 2 is 1.89 bits per heavy atom. The monoisotopic (exact) mass is 380 g/mol. The lowest BCUT2D eigenvalue weighted by molar-refractivity contribution is -0.385. The van der Waals surface area contributed by atoms with Gasteiger partial charge in [-0.2, -0.15) is 4.98 Å². The third-order valence-corrected chi connectivity index (χ3v) is 4.51. The van der Waals surface area contributed by atoms with Gasteiger partial charge in [0.25, 0.3) is 11.6 Å². The molecule has 0 radical (unpaired) electrons. The number of carbonyl (C=O) groups excluding carboxylic acids is 1. The number of carbonyl (C=O) groups is 1. The van der Waals surface area contributed by atoms with Crippen LogP contribution in [0.2, 0.25) is 0 Å². The molecule has 0 spiro atoms. The van der Waals surface area contributed by atoms with Gasteiger partial charge in [-0.05, 0) is 26.8 Å². The van der Waals surface area contributed by atoms with E-state index in [0.29, 0.717) is 23.8 Å². The van der Waals surface area contributed by atoms with Crippen LogP contribution in [0.4, 0.5) is 5.69 Å². The van der Waals surface area contributed by atoms with Crippen LogP contribution in [-0.4, -0.2) is 32.4 Å². The molecule has 144 valence electrons. The lowest BCUT2D eigenvalue weighted by Crippen LogP contribution is -2.31. The Balaban J connectivity index is 1.81. The topological polar surface area (TPSA) is 102 Å². The minimum atomic E-state index is -0.492. The number of benzene rings is 2. The second-order valence-corrected chi connectivity index (χ2v) is 6.40. The zero-order chi connectivity index (χ0) is 20.3. The van der Waals surface area contributed by atoms with Crippen LogP contribution in [0, 0.1) is 24.0 Å².